The largest absolute Gasteiger partial charge is 0.496 e. The molecule has 9 heteroatoms. The van der Waals surface area contributed by atoms with Crippen molar-refractivity contribution < 1.29 is 19.1 Å². The summed E-state index contributed by atoms with van der Waals surface area (Å²) in [6.45, 7) is 13.2. The van der Waals surface area contributed by atoms with Crippen molar-refractivity contribution in [1.29, 1.82) is 0 Å². The molecule has 5 N–H and O–H groups in total. The number of amides is 2. The van der Waals surface area contributed by atoms with Crippen LogP contribution >= 0.6 is 0 Å². The number of carbonyl (C=O) groups is 3. The molecule has 2 amide bonds. The van der Waals surface area contributed by atoms with Gasteiger partial charge in [-0.15, -0.1) is 0 Å². The number of aromatic nitrogens is 2. The molecule has 2 aromatic carbocycles. The number of aromatic amines is 1. The zero-order chi connectivity index (χ0) is 31.7. The van der Waals surface area contributed by atoms with Crippen molar-refractivity contribution in [2.24, 2.45) is 5.73 Å². The lowest BCUT2D eigenvalue weighted by Gasteiger charge is -2.23. The Morgan fingerprint density at radius 3 is 2.44 bits per heavy atom. The molecule has 3 rings (SSSR count). The quantitative estimate of drug-likeness (QED) is 0.155. The molecule has 0 fully saturated rings. The number of aryl methyl sites for hydroxylation is 2. The SMILES string of the molecule is C=C/C=C(\C=C/C)c1cnc(C(C)NC(=O)C(Cc2c(C)cc(C(N)=O)cc2C)NCc2ccc(OC)c(C(C)=O)c2)[nH]1. The van der Waals surface area contributed by atoms with Crippen LogP contribution in [0, 0.1) is 13.8 Å². The van der Waals surface area contributed by atoms with Gasteiger partial charge < -0.3 is 26.1 Å². The zero-order valence-electron chi connectivity index (χ0n) is 25.7. The summed E-state index contributed by atoms with van der Waals surface area (Å²) in [7, 11) is 1.52. The van der Waals surface area contributed by atoms with Crippen LogP contribution in [0.5, 0.6) is 5.75 Å². The minimum Gasteiger partial charge on any atom is -0.496 e. The highest BCUT2D eigenvalue weighted by molar-refractivity contribution is 5.97. The average molecular weight is 584 g/mol. The van der Waals surface area contributed by atoms with E-state index >= 15 is 0 Å². The van der Waals surface area contributed by atoms with Gasteiger partial charge in [-0.3, -0.25) is 14.4 Å². The van der Waals surface area contributed by atoms with Crippen LogP contribution in [0.1, 0.15) is 81.3 Å². The predicted molar refractivity (Wildman–Crippen MR) is 170 cm³/mol. The third-order valence-corrected chi connectivity index (χ3v) is 7.22. The van der Waals surface area contributed by atoms with E-state index in [1.807, 2.05) is 52.0 Å². The van der Waals surface area contributed by atoms with Gasteiger partial charge in [0.2, 0.25) is 11.8 Å². The van der Waals surface area contributed by atoms with Gasteiger partial charge >= 0.3 is 0 Å². The average Bonchev–Trinajstić information content (AvgIpc) is 3.46. The Morgan fingerprint density at radius 1 is 1.16 bits per heavy atom. The molecule has 226 valence electrons. The highest BCUT2D eigenvalue weighted by atomic mass is 16.5. The van der Waals surface area contributed by atoms with E-state index in [0.717, 1.165) is 33.5 Å². The standard InChI is InChI=1S/C34H41N5O4/c1-8-10-25(11-9-2)30-19-37-33(39-30)22(5)38-34(42)29(17-27-20(3)14-26(32(35)41)15-21(27)4)36-18-24-12-13-31(43-7)28(16-24)23(6)40/h8-16,19,22,29,36H,1,17-18H2,2-7H3,(H2,35,41)(H,37,39)(H,38,42)/b11-9-,25-10+. The second-order valence-electron chi connectivity index (χ2n) is 10.5. The van der Waals surface area contributed by atoms with E-state index in [2.05, 4.69) is 27.2 Å². The summed E-state index contributed by atoms with van der Waals surface area (Å²) in [6.07, 6.45) is 9.56. The fourth-order valence-corrected chi connectivity index (χ4v) is 4.93. The Labute approximate surface area is 253 Å². The number of primary amides is 1. The first kappa shape index (κ1) is 32.8. The van der Waals surface area contributed by atoms with Gasteiger partial charge in [-0.25, -0.2) is 4.98 Å². The number of ketones is 1. The van der Waals surface area contributed by atoms with Gasteiger partial charge in [0, 0.05) is 12.1 Å². The molecule has 0 bridgehead atoms. The number of nitrogens with one attached hydrogen (secondary N) is 3. The van der Waals surface area contributed by atoms with E-state index in [4.69, 9.17) is 10.5 Å². The van der Waals surface area contributed by atoms with E-state index in [9.17, 15) is 14.4 Å². The molecule has 0 saturated carbocycles. The number of H-pyrrole nitrogens is 1. The van der Waals surface area contributed by atoms with E-state index in [1.54, 1.807) is 36.5 Å². The van der Waals surface area contributed by atoms with Gasteiger partial charge in [0.25, 0.3) is 0 Å². The van der Waals surface area contributed by atoms with Crippen molar-refractivity contribution >= 4 is 23.2 Å². The number of rotatable bonds is 14. The predicted octanol–water partition coefficient (Wildman–Crippen LogP) is 5.06. The van der Waals surface area contributed by atoms with E-state index in [0.29, 0.717) is 35.7 Å². The summed E-state index contributed by atoms with van der Waals surface area (Å²) in [4.78, 5) is 45.5. The highest BCUT2D eigenvalue weighted by Crippen LogP contribution is 2.23. The third-order valence-electron chi connectivity index (χ3n) is 7.22. The summed E-state index contributed by atoms with van der Waals surface area (Å²) >= 11 is 0. The zero-order valence-corrected chi connectivity index (χ0v) is 25.7. The molecular weight excluding hydrogens is 542 g/mol. The minimum atomic E-state index is -0.643. The van der Waals surface area contributed by atoms with Crippen LogP contribution in [0.2, 0.25) is 0 Å². The molecule has 2 unspecified atom stereocenters. The summed E-state index contributed by atoms with van der Waals surface area (Å²) in [5.41, 5.74) is 11.6. The third kappa shape index (κ3) is 8.39. The number of hydrogen-bond donors (Lipinski definition) is 4. The first-order chi connectivity index (χ1) is 20.5. The summed E-state index contributed by atoms with van der Waals surface area (Å²) < 4.78 is 5.33. The van der Waals surface area contributed by atoms with Crippen LogP contribution in [0.4, 0.5) is 0 Å². The van der Waals surface area contributed by atoms with Crippen LogP contribution in [0.15, 0.2) is 67.4 Å². The molecule has 43 heavy (non-hydrogen) atoms. The molecule has 0 aliphatic carbocycles. The fraction of sp³-hybridized carbons (Fsp3) is 0.294. The van der Waals surface area contributed by atoms with Gasteiger partial charge in [-0.2, -0.15) is 0 Å². The number of ether oxygens (including phenoxy) is 1. The highest BCUT2D eigenvalue weighted by Gasteiger charge is 2.24. The van der Waals surface area contributed by atoms with E-state index < -0.39 is 18.0 Å². The second-order valence-corrected chi connectivity index (χ2v) is 10.5. The molecule has 1 aromatic heterocycles. The smallest absolute Gasteiger partial charge is 0.248 e. The first-order valence-electron chi connectivity index (χ1n) is 14.1. The lowest BCUT2D eigenvalue weighted by molar-refractivity contribution is -0.123. The molecule has 0 saturated heterocycles. The number of allylic oxidation sites excluding steroid dienone is 5. The Balaban J connectivity index is 1.89. The number of benzene rings is 2. The van der Waals surface area contributed by atoms with Crippen LogP contribution < -0.4 is 21.1 Å². The lowest BCUT2D eigenvalue weighted by Crippen LogP contribution is -2.46. The Kier molecular flexibility index (Phi) is 11.4. The van der Waals surface area contributed by atoms with Crippen LogP contribution in [0.3, 0.4) is 0 Å². The number of nitrogens with two attached hydrogens (primary N) is 1. The number of hydrogen-bond acceptors (Lipinski definition) is 6. The van der Waals surface area contributed by atoms with E-state index in [1.165, 1.54) is 14.0 Å². The van der Waals surface area contributed by atoms with Gasteiger partial charge in [-0.05, 0) is 93.1 Å². The van der Waals surface area contributed by atoms with Crippen molar-refractivity contribution in [1.82, 2.24) is 20.6 Å². The van der Waals surface area contributed by atoms with Crippen molar-refractivity contribution in [3.8, 4) is 5.75 Å². The number of methoxy groups -OCH3 is 1. The molecule has 1 heterocycles. The number of carbonyl (C=O) groups excluding carboxylic acids is 3. The number of imidazole rings is 1. The van der Waals surface area contributed by atoms with Crippen LogP contribution in [-0.2, 0) is 17.8 Å². The maximum atomic E-state index is 13.8. The topological polar surface area (TPSA) is 139 Å². The molecule has 0 radical (unpaired) electrons. The fourth-order valence-electron chi connectivity index (χ4n) is 4.93. The normalized spacial score (nSPS) is 13.0. The van der Waals surface area contributed by atoms with Gasteiger partial charge in [-0.1, -0.05) is 36.9 Å². The summed E-state index contributed by atoms with van der Waals surface area (Å²) in [6, 6.07) is 7.81. The molecule has 0 aliphatic rings. The number of Topliss-reactive ketones (excluding diaryl/α,β-unsaturated/α-hetero) is 1. The molecule has 3 aromatic rings. The Bertz CT molecular complexity index is 1540. The minimum absolute atomic E-state index is 0.110. The maximum absolute atomic E-state index is 13.8. The number of nitrogens with zero attached hydrogens (tertiary/aromatic N) is 1. The molecule has 2 atom stereocenters. The lowest BCUT2D eigenvalue weighted by atomic mass is 9.93. The summed E-state index contributed by atoms with van der Waals surface area (Å²) in [5, 5.41) is 6.46. The van der Waals surface area contributed by atoms with Gasteiger partial charge in [0.05, 0.1) is 36.6 Å². The summed E-state index contributed by atoms with van der Waals surface area (Å²) in [5.74, 6) is 0.275. The molecule has 0 aliphatic heterocycles. The molecule has 0 spiro atoms. The van der Waals surface area contributed by atoms with Crippen LogP contribution in [-0.4, -0.2) is 40.7 Å². The monoisotopic (exact) mass is 583 g/mol. The maximum Gasteiger partial charge on any atom is 0.248 e. The van der Waals surface area contributed by atoms with Gasteiger partial charge in [0.1, 0.15) is 11.6 Å². The van der Waals surface area contributed by atoms with Crippen molar-refractivity contribution in [2.75, 3.05) is 7.11 Å². The second kappa shape index (κ2) is 14.9. The Morgan fingerprint density at radius 2 is 1.86 bits per heavy atom. The van der Waals surface area contributed by atoms with Gasteiger partial charge in [0.15, 0.2) is 5.78 Å². The Hall–Kier alpha value is -4.76. The molecular formula is C34H41N5O4. The van der Waals surface area contributed by atoms with Crippen molar-refractivity contribution in [3.05, 3.63) is 112 Å². The molecule has 9 nitrogen and oxygen atoms in total. The van der Waals surface area contributed by atoms with Crippen molar-refractivity contribution in [3.63, 3.8) is 0 Å². The van der Waals surface area contributed by atoms with E-state index in [-0.39, 0.29) is 11.7 Å². The first-order valence-corrected chi connectivity index (χ1v) is 14.1. The van der Waals surface area contributed by atoms with Crippen LogP contribution in [0.25, 0.3) is 5.57 Å². The van der Waals surface area contributed by atoms with Crippen molar-refractivity contribution in [2.45, 2.75) is 59.7 Å².